The zero-order valence-corrected chi connectivity index (χ0v) is 10.5. The van der Waals surface area contributed by atoms with Crippen molar-refractivity contribution >= 4 is 10.0 Å². The Bertz CT molecular complexity index is 542. The molecule has 1 saturated heterocycles. The fourth-order valence-electron chi connectivity index (χ4n) is 1.70. The SMILES string of the molecule is N#Cc1ccc(S(=O)(=O)NCC2CCCO2)cn1. The van der Waals surface area contributed by atoms with Crippen molar-refractivity contribution in [3.05, 3.63) is 24.0 Å². The van der Waals surface area contributed by atoms with Crippen molar-refractivity contribution in [3.8, 4) is 6.07 Å². The maximum atomic E-state index is 11.9. The summed E-state index contributed by atoms with van der Waals surface area (Å²) in [4.78, 5) is 3.79. The fourth-order valence-corrected chi connectivity index (χ4v) is 2.71. The predicted molar refractivity (Wildman–Crippen MR) is 63.1 cm³/mol. The van der Waals surface area contributed by atoms with Gasteiger partial charge in [-0.1, -0.05) is 0 Å². The largest absolute Gasteiger partial charge is 0.377 e. The molecule has 1 aliphatic heterocycles. The van der Waals surface area contributed by atoms with E-state index >= 15 is 0 Å². The summed E-state index contributed by atoms with van der Waals surface area (Å²) in [6.45, 7) is 0.952. The minimum atomic E-state index is -3.57. The fraction of sp³-hybridized carbons (Fsp3) is 0.455. The first-order valence-electron chi connectivity index (χ1n) is 5.59. The standard InChI is InChI=1S/C11H13N3O3S/c12-6-9-3-4-11(8-13-9)18(15,16)14-7-10-2-1-5-17-10/h3-4,8,10,14H,1-2,5,7H2. The van der Waals surface area contributed by atoms with Crippen LogP contribution in [0.5, 0.6) is 0 Å². The summed E-state index contributed by atoms with van der Waals surface area (Å²) in [5, 5.41) is 8.58. The lowest BCUT2D eigenvalue weighted by atomic mass is 10.2. The molecular formula is C11H13N3O3S. The average Bonchev–Trinajstić information content (AvgIpc) is 2.90. The second-order valence-corrected chi connectivity index (χ2v) is 5.74. The molecule has 0 aliphatic carbocycles. The second kappa shape index (κ2) is 5.44. The van der Waals surface area contributed by atoms with E-state index in [-0.39, 0.29) is 23.2 Å². The molecule has 1 aliphatic rings. The number of sulfonamides is 1. The van der Waals surface area contributed by atoms with E-state index < -0.39 is 10.0 Å². The maximum absolute atomic E-state index is 11.9. The molecule has 1 N–H and O–H groups in total. The second-order valence-electron chi connectivity index (χ2n) is 3.98. The van der Waals surface area contributed by atoms with Gasteiger partial charge in [0.1, 0.15) is 16.7 Å². The first-order valence-corrected chi connectivity index (χ1v) is 7.07. The number of pyridine rings is 1. The Hall–Kier alpha value is -1.49. The molecule has 0 spiro atoms. The molecule has 0 radical (unpaired) electrons. The average molecular weight is 267 g/mol. The van der Waals surface area contributed by atoms with Crippen LogP contribution in [0, 0.1) is 11.3 Å². The maximum Gasteiger partial charge on any atom is 0.242 e. The highest BCUT2D eigenvalue weighted by atomic mass is 32.2. The number of aromatic nitrogens is 1. The molecule has 18 heavy (non-hydrogen) atoms. The van der Waals surface area contributed by atoms with E-state index in [9.17, 15) is 8.42 Å². The van der Waals surface area contributed by atoms with Crippen LogP contribution in [-0.4, -0.2) is 32.7 Å². The van der Waals surface area contributed by atoms with Crippen molar-refractivity contribution in [1.29, 1.82) is 5.26 Å². The van der Waals surface area contributed by atoms with Crippen LogP contribution in [0.4, 0.5) is 0 Å². The van der Waals surface area contributed by atoms with Crippen LogP contribution in [0.3, 0.4) is 0 Å². The van der Waals surface area contributed by atoms with Crippen LogP contribution >= 0.6 is 0 Å². The number of ether oxygens (including phenoxy) is 1. The van der Waals surface area contributed by atoms with Gasteiger partial charge in [-0.05, 0) is 25.0 Å². The van der Waals surface area contributed by atoms with Crippen molar-refractivity contribution in [3.63, 3.8) is 0 Å². The molecule has 1 aromatic rings. The summed E-state index contributed by atoms with van der Waals surface area (Å²) in [7, 11) is -3.57. The molecule has 0 bridgehead atoms. The van der Waals surface area contributed by atoms with Gasteiger partial charge in [0.25, 0.3) is 0 Å². The summed E-state index contributed by atoms with van der Waals surface area (Å²) in [6, 6.07) is 4.58. The quantitative estimate of drug-likeness (QED) is 0.853. The summed E-state index contributed by atoms with van der Waals surface area (Å²) in [5.41, 5.74) is 0.188. The van der Waals surface area contributed by atoms with Gasteiger partial charge in [-0.15, -0.1) is 0 Å². The lowest BCUT2D eigenvalue weighted by molar-refractivity contribution is 0.114. The molecule has 0 amide bonds. The molecule has 0 aromatic carbocycles. The highest BCUT2D eigenvalue weighted by Crippen LogP contribution is 2.12. The normalized spacial score (nSPS) is 19.6. The molecule has 7 heteroatoms. The van der Waals surface area contributed by atoms with Crippen LogP contribution in [0.25, 0.3) is 0 Å². The molecule has 2 rings (SSSR count). The Morgan fingerprint density at radius 1 is 1.56 bits per heavy atom. The minimum absolute atomic E-state index is 0.0499. The first kappa shape index (κ1) is 13.0. The number of hydrogen-bond donors (Lipinski definition) is 1. The molecule has 1 aromatic heterocycles. The predicted octanol–water partition coefficient (Wildman–Crippen LogP) is 0.411. The van der Waals surface area contributed by atoms with Crippen molar-refractivity contribution < 1.29 is 13.2 Å². The Morgan fingerprint density at radius 2 is 2.39 bits per heavy atom. The van der Waals surface area contributed by atoms with Crippen LogP contribution in [0.15, 0.2) is 23.2 Å². The molecule has 1 unspecified atom stereocenters. The first-order chi connectivity index (χ1) is 8.62. The third kappa shape index (κ3) is 3.04. The Labute approximate surface area is 106 Å². The van der Waals surface area contributed by atoms with Gasteiger partial charge in [0.05, 0.1) is 6.10 Å². The Balaban J connectivity index is 2.02. The van der Waals surface area contributed by atoms with Crippen LogP contribution in [0.1, 0.15) is 18.5 Å². The van der Waals surface area contributed by atoms with Crippen LogP contribution < -0.4 is 4.72 Å². The van der Waals surface area contributed by atoms with Crippen LogP contribution in [0.2, 0.25) is 0 Å². The molecule has 6 nitrogen and oxygen atoms in total. The highest BCUT2D eigenvalue weighted by molar-refractivity contribution is 7.89. The number of nitriles is 1. The Morgan fingerprint density at radius 3 is 2.94 bits per heavy atom. The summed E-state index contributed by atoms with van der Waals surface area (Å²) in [6.07, 6.45) is 2.96. The van der Waals surface area contributed by atoms with Gasteiger partial charge < -0.3 is 4.74 Å². The summed E-state index contributed by atoms with van der Waals surface area (Å²) >= 11 is 0. The highest BCUT2D eigenvalue weighted by Gasteiger charge is 2.20. The summed E-state index contributed by atoms with van der Waals surface area (Å²) < 4.78 is 31.6. The van der Waals surface area contributed by atoms with Gasteiger partial charge in [-0.2, -0.15) is 5.26 Å². The van der Waals surface area contributed by atoms with E-state index in [1.165, 1.54) is 18.3 Å². The van der Waals surface area contributed by atoms with Gasteiger partial charge in [0, 0.05) is 19.3 Å². The van der Waals surface area contributed by atoms with Crippen molar-refractivity contribution in [2.45, 2.75) is 23.8 Å². The number of rotatable bonds is 4. The molecule has 96 valence electrons. The molecule has 0 saturated carbocycles. The lowest BCUT2D eigenvalue weighted by Gasteiger charge is -2.11. The van der Waals surface area contributed by atoms with E-state index in [0.29, 0.717) is 6.61 Å². The molecule has 1 fully saturated rings. The smallest absolute Gasteiger partial charge is 0.242 e. The van der Waals surface area contributed by atoms with Crippen molar-refractivity contribution in [2.75, 3.05) is 13.2 Å². The third-order valence-corrected chi connectivity index (χ3v) is 4.10. The number of nitrogens with zero attached hydrogens (tertiary/aromatic N) is 2. The Kier molecular flexibility index (Phi) is 3.91. The van der Waals surface area contributed by atoms with E-state index in [0.717, 1.165) is 12.8 Å². The van der Waals surface area contributed by atoms with Crippen molar-refractivity contribution in [2.24, 2.45) is 0 Å². The van der Waals surface area contributed by atoms with E-state index in [4.69, 9.17) is 10.00 Å². The zero-order valence-electron chi connectivity index (χ0n) is 9.67. The number of hydrogen-bond acceptors (Lipinski definition) is 5. The lowest BCUT2D eigenvalue weighted by Crippen LogP contribution is -2.31. The van der Waals surface area contributed by atoms with Gasteiger partial charge in [0.2, 0.25) is 10.0 Å². The summed E-state index contributed by atoms with van der Waals surface area (Å²) in [5.74, 6) is 0. The van der Waals surface area contributed by atoms with Gasteiger partial charge in [0.15, 0.2) is 0 Å². The van der Waals surface area contributed by atoms with E-state index in [1.54, 1.807) is 0 Å². The van der Waals surface area contributed by atoms with Gasteiger partial charge in [-0.25, -0.2) is 18.1 Å². The minimum Gasteiger partial charge on any atom is -0.377 e. The van der Waals surface area contributed by atoms with Gasteiger partial charge >= 0.3 is 0 Å². The van der Waals surface area contributed by atoms with Gasteiger partial charge in [-0.3, -0.25) is 0 Å². The third-order valence-electron chi connectivity index (χ3n) is 2.69. The number of nitrogens with one attached hydrogen (secondary N) is 1. The molecule has 2 heterocycles. The molecular weight excluding hydrogens is 254 g/mol. The monoisotopic (exact) mass is 267 g/mol. The van der Waals surface area contributed by atoms with Crippen molar-refractivity contribution in [1.82, 2.24) is 9.71 Å². The zero-order chi connectivity index (χ0) is 13.0. The van der Waals surface area contributed by atoms with Crippen LogP contribution in [-0.2, 0) is 14.8 Å². The van der Waals surface area contributed by atoms with E-state index in [2.05, 4.69) is 9.71 Å². The topological polar surface area (TPSA) is 92.1 Å². The van der Waals surface area contributed by atoms with E-state index in [1.807, 2.05) is 6.07 Å². The molecule has 1 atom stereocenters.